The minimum atomic E-state index is -0.239. The largest absolute Gasteiger partial charge is 0.322 e. The summed E-state index contributed by atoms with van der Waals surface area (Å²) < 4.78 is 0.936. The quantitative estimate of drug-likeness (QED) is 0.740. The Labute approximate surface area is 165 Å². The van der Waals surface area contributed by atoms with E-state index < -0.39 is 0 Å². The first-order valence-corrected chi connectivity index (χ1v) is 9.89. The summed E-state index contributed by atoms with van der Waals surface area (Å²) in [4.78, 5) is 39.0. The van der Waals surface area contributed by atoms with E-state index >= 15 is 0 Å². The first-order chi connectivity index (χ1) is 13.0. The summed E-state index contributed by atoms with van der Waals surface area (Å²) in [5.74, 6) is -0.789. The van der Waals surface area contributed by atoms with Gasteiger partial charge in [-0.1, -0.05) is 28.8 Å². The molecule has 27 heavy (non-hydrogen) atoms. The summed E-state index contributed by atoms with van der Waals surface area (Å²) in [6, 6.07) is 13.9. The normalized spacial score (nSPS) is 21.9. The number of amides is 3. The van der Waals surface area contributed by atoms with Gasteiger partial charge < -0.3 is 5.32 Å². The van der Waals surface area contributed by atoms with E-state index in [-0.39, 0.29) is 29.6 Å². The summed E-state index contributed by atoms with van der Waals surface area (Å²) >= 11 is 3.36. The van der Waals surface area contributed by atoms with Crippen LogP contribution in [0.3, 0.4) is 0 Å². The molecule has 4 rings (SSSR count). The molecule has 1 aliphatic heterocycles. The number of imide groups is 1. The van der Waals surface area contributed by atoms with E-state index in [0.717, 1.165) is 30.2 Å². The summed E-state index contributed by atoms with van der Waals surface area (Å²) in [5, 5.41) is 2.83. The van der Waals surface area contributed by atoms with Crippen LogP contribution in [0.5, 0.6) is 0 Å². The summed E-state index contributed by atoms with van der Waals surface area (Å²) in [6.07, 6.45) is 3.59. The van der Waals surface area contributed by atoms with E-state index in [4.69, 9.17) is 0 Å². The maximum Gasteiger partial charge on any atom is 0.255 e. The number of nitrogens with zero attached hydrogens (tertiary/aromatic N) is 1. The Morgan fingerprint density at radius 2 is 1.44 bits per heavy atom. The number of benzene rings is 2. The van der Waals surface area contributed by atoms with Crippen molar-refractivity contribution in [3.05, 3.63) is 58.6 Å². The van der Waals surface area contributed by atoms with E-state index in [9.17, 15) is 14.4 Å². The third-order valence-corrected chi connectivity index (χ3v) is 5.86. The maximum atomic E-state index is 12.7. The number of halogens is 1. The van der Waals surface area contributed by atoms with E-state index in [1.54, 1.807) is 36.4 Å². The highest BCUT2D eigenvalue weighted by atomic mass is 79.9. The lowest BCUT2D eigenvalue weighted by molar-refractivity contribution is -0.122. The topological polar surface area (TPSA) is 66.5 Å². The highest BCUT2D eigenvalue weighted by Gasteiger charge is 2.48. The lowest BCUT2D eigenvalue weighted by Crippen LogP contribution is -2.30. The molecule has 0 radical (unpaired) electrons. The van der Waals surface area contributed by atoms with Gasteiger partial charge in [0, 0.05) is 15.7 Å². The number of hydrogen-bond acceptors (Lipinski definition) is 3. The minimum Gasteiger partial charge on any atom is -0.322 e. The molecule has 0 spiro atoms. The lowest BCUT2D eigenvalue weighted by atomic mass is 9.81. The number of rotatable bonds is 3. The lowest BCUT2D eigenvalue weighted by Gasteiger charge is -2.19. The molecular weight excluding hydrogens is 408 g/mol. The number of hydrogen-bond donors (Lipinski definition) is 1. The maximum absolute atomic E-state index is 12.7. The monoisotopic (exact) mass is 426 g/mol. The van der Waals surface area contributed by atoms with Crippen molar-refractivity contribution >= 4 is 45.0 Å². The van der Waals surface area contributed by atoms with Gasteiger partial charge in [0.25, 0.3) is 5.91 Å². The van der Waals surface area contributed by atoms with Crippen molar-refractivity contribution in [3.63, 3.8) is 0 Å². The van der Waals surface area contributed by atoms with Gasteiger partial charge in [0.1, 0.15) is 0 Å². The Hall–Kier alpha value is -2.47. The number of carbonyl (C=O) groups excluding carboxylic acids is 3. The summed E-state index contributed by atoms with van der Waals surface area (Å²) in [5.41, 5.74) is 1.71. The molecule has 1 N–H and O–H groups in total. The predicted octanol–water partition coefficient (Wildman–Crippen LogP) is 4.38. The first kappa shape index (κ1) is 17.9. The van der Waals surface area contributed by atoms with Crippen LogP contribution in [-0.4, -0.2) is 17.7 Å². The number of anilines is 2. The van der Waals surface area contributed by atoms with Crippen molar-refractivity contribution in [2.75, 3.05) is 10.2 Å². The molecule has 2 aromatic carbocycles. The van der Waals surface area contributed by atoms with Crippen LogP contribution < -0.4 is 10.2 Å². The SMILES string of the molecule is O=C(Nc1ccc(Br)cc1)c1ccc(N2C(=O)[C@H]3CCCC[C@@H]3C2=O)cc1. The molecule has 1 heterocycles. The molecule has 1 aliphatic carbocycles. The van der Waals surface area contributed by atoms with Gasteiger partial charge in [-0.05, 0) is 61.4 Å². The first-order valence-electron chi connectivity index (χ1n) is 9.09. The van der Waals surface area contributed by atoms with Crippen LogP contribution >= 0.6 is 15.9 Å². The van der Waals surface area contributed by atoms with Crippen LogP contribution in [0.2, 0.25) is 0 Å². The highest BCUT2D eigenvalue weighted by molar-refractivity contribution is 9.10. The van der Waals surface area contributed by atoms with E-state index in [1.165, 1.54) is 4.90 Å². The van der Waals surface area contributed by atoms with Crippen molar-refractivity contribution in [3.8, 4) is 0 Å². The van der Waals surface area contributed by atoms with Crippen molar-refractivity contribution in [1.82, 2.24) is 0 Å². The predicted molar refractivity (Wildman–Crippen MR) is 106 cm³/mol. The molecule has 0 unspecified atom stereocenters. The van der Waals surface area contributed by atoms with Crippen LogP contribution in [0, 0.1) is 11.8 Å². The minimum absolute atomic E-state index is 0.100. The third kappa shape index (κ3) is 3.41. The van der Waals surface area contributed by atoms with E-state index in [2.05, 4.69) is 21.2 Å². The molecule has 0 aromatic heterocycles. The zero-order valence-corrected chi connectivity index (χ0v) is 16.2. The van der Waals surface area contributed by atoms with Gasteiger partial charge in [-0.15, -0.1) is 0 Å². The zero-order chi connectivity index (χ0) is 19.0. The third-order valence-electron chi connectivity index (χ3n) is 5.33. The van der Waals surface area contributed by atoms with Gasteiger partial charge >= 0.3 is 0 Å². The molecule has 1 saturated heterocycles. The Morgan fingerprint density at radius 1 is 0.889 bits per heavy atom. The average Bonchev–Trinajstić information content (AvgIpc) is 2.95. The molecule has 2 fully saturated rings. The van der Waals surface area contributed by atoms with Gasteiger partial charge in [-0.25, -0.2) is 0 Å². The van der Waals surface area contributed by atoms with Crippen molar-refractivity contribution in [1.29, 1.82) is 0 Å². The van der Waals surface area contributed by atoms with Crippen molar-refractivity contribution in [2.45, 2.75) is 25.7 Å². The molecule has 6 heteroatoms. The fourth-order valence-corrected chi connectivity index (χ4v) is 4.18. The fourth-order valence-electron chi connectivity index (χ4n) is 3.92. The standard InChI is InChI=1S/C21H19BrN2O3/c22-14-7-9-15(10-8-14)23-19(25)13-5-11-16(12-6-13)24-20(26)17-3-1-2-4-18(17)21(24)27/h5-12,17-18H,1-4H2,(H,23,25)/t17-,18-/m0/s1. The van der Waals surface area contributed by atoms with Gasteiger partial charge in [0.15, 0.2) is 0 Å². The molecule has 5 nitrogen and oxygen atoms in total. The molecule has 2 aliphatic rings. The number of carbonyl (C=O) groups is 3. The smallest absolute Gasteiger partial charge is 0.255 e. The fraction of sp³-hybridized carbons (Fsp3) is 0.286. The van der Waals surface area contributed by atoms with Crippen LogP contribution in [-0.2, 0) is 9.59 Å². The second-order valence-corrected chi connectivity index (χ2v) is 7.93. The van der Waals surface area contributed by atoms with Crippen molar-refractivity contribution < 1.29 is 14.4 Å². The molecule has 0 bridgehead atoms. The van der Waals surface area contributed by atoms with Crippen molar-refractivity contribution in [2.24, 2.45) is 11.8 Å². The zero-order valence-electron chi connectivity index (χ0n) is 14.7. The molecular formula is C21H19BrN2O3. The molecule has 138 valence electrons. The summed E-state index contributed by atoms with van der Waals surface area (Å²) in [6.45, 7) is 0. The Kier molecular flexibility index (Phi) is 4.83. The van der Waals surface area contributed by atoms with Gasteiger partial charge in [-0.2, -0.15) is 0 Å². The van der Waals surface area contributed by atoms with Crippen LogP contribution in [0.1, 0.15) is 36.0 Å². The van der Waals surface area contributed by atoms with Crippen LogP contribution in [0.15, 0.2) is 53.0 Å². The molecule has 3 amide bonds. The van der Waals surface area contributed by atoms with Gasteiger partial charge in [0.2, 0.25) is 11.8 Å². The van der Waals surface area contributed by atoms with Crippen LogP contribution in [0.4, 0.5) is 11.4 Å². The Morgan fingerprint density at radius 3 is 2.00 bits per heavy atom. The summed E-state index contributed by atoms with van der Waals surface area (Å²) in [7, 11) is 0. The van der Waals surface area contributed by atoms with E-state index in [0.29, 0.717) is 16.9 Å². The second kappa shape index (κ2) is 7.27. The Balaban J connectivity index is 1.50. The van der Waals surface area contributed by atoms with Crippen LogP contribution in [0.25, 0.3) is 0 Å². The number of nitrogens with one attached hydrogen (secondary N) is 1. The highest BCUT2D eigenvalue weighted by Crippen LogP contribution is 2.40. The molecule has 1 saturated carbocycles. The second-order valence-electron chi connectivity index (χ2n) is 7.02. The molecule has 2 aromatic rings. The van der Waals surface area contributed by atoms with E-state index in [1.807, 2.05) is 12.1 Å². The molecule has 2 atom stereocenters. The Bertz CT molecular complexity index is 869. The van der Waals surface area contributed by atoms with Gasteiger partial charge in [-0.3, -0.25) is 19.3 Å². The average molecular weight is 427 g/mol. The van der Waals surface area contributed by atoms with Gasteiger partial charge in [0.05, 0.1) is 17.5 Å². The number of fused-ring (bicyclic) bond motifs is 1.